The number of para-hydroxylation sites is 1. The first-order valence-corrected chi connectivity index (χ1v) is 9.25. The lowest BCUT2D eigenvalue weighted by molar-refractivity contribution is 0.235. The van der Waals surface area contributed by atoms with E-state index in [1.807, 2.05) is 17.8 Å². The lowest BCUT2D eigenvalue weighted by Gasteiger charge is -2.21. The minimum atomic E-state index is 0.105. The van der Waals surface area contributed by atoms with Crippen LogP contribution in [0.1, 0.15) is 26.3 Å². The summed E-state index contributed by atoms with van der Waals surface area (Å²) in [5, 5.41) is 14.5. The molecule has 1 aromatic heterocycles. The van der Waals surface area contributed by atoms with Gasteiger partial charge in [-0.2, -0.15) is 11.8 Å². The average molecular weight is 321 g/mol. The molecule has 0 fully saturated rings. The first-order chi connectivity index (χ1) is 10.6. The van der Waals surface area contributed by atoms with Crippen molar-refractivity contribution in [1.29, 1.82) is 0 Å². The normalized spacial score (nSPS) is 14.6. The number of fused-ring (bicyclic) bond motifs is 1. The maximum absolute atomic E-state index is 9.68. The fourth-order valence-corrected chi connectivity index (χ4v) is 3.73. The Hall–Kier alpha value is -0.970. The molecule has 122 valence electrons. The van der Waals surface area contributed by atoms with Crippen LogP contribution >= 0.6 is 11.8 Å². The quantitative estimate of drug-likeness (QED) is 0.663. The fraction of sp³-hybridized carbons (Fsp3) is 0.556. The standard InChI is InChI=1S/C18H28N2OS/c1-13(2)11-22-12-14(3)20-16(10-21)8-15-9-19-18-7-5-4-6-17(15)18/h4-7,9,13-14,16,19-21H,8,10-12H2,1-3H3. The molecule has 3 nitrogen and oxygen atoms in total. The number of aliphatic hydroxyl groups is 1. The molecule has 2 unspecified atom stereocenters. The molecule has 0 aliphatic rings. The summed E-state index contributed by atoms with van der Waals surface area (Å²) in [4.78, 5) is 3.30. The van der Waals surface area contributed by atoms with Crippen LogP contribution in [-0.2, 0) is 6.42 Å². The molecule has 0 amide bonds. The third kappa shape index (κ3) is 5.04. The van der Waals surface area contributed by atoms with Gasteiger partial charge in [0.05, 0.1) is 6.61 Å². The van der Waals surface area contributed by atoms with Crippen molar-refractivity contribution in [2.75, 3.05) is 18.1 Å². The number of hydrogen-bond acceptors (Lipinski definition) is 3. The van der Waals surface area contributed by atoms with E-state index in [0.717, 1.165) is 23.6 Å². The first kappa shape index (κ1) is 17.4. The van der Waals surface area contributed by atoms with Crippen LogP contribution < -0.4 is 5.32 Å². The van der Waals surface area contributed by atoms with Crippen LogP contribution in [0, 0.1) is 5.92 Å². The van der Waals surface area contributed by atoms with Gasteiger partial charge in [0.15, 0.2) is 0 Å². The van der Waals surface area contributed by atoms with E-state index in [0.29, 0.717) is 6.04 Å². The maximum atomic E-state index is 9.68. The van der Waals surface area contributed by atoms with E-state index in [1.165, 1.54) is 16.7 Å². The number of thioether (sulfide) groups is 1. The monoisotopic (exact) mass is 320 g/mol. The van der Waals surface area contributed by atoms with E-state index in [2.05, 4.69) is 55.5 Å². The van der Waals surface area contributed by atoms with Crippen molar-refractivity contribution in [2.45, 2.75) is 39.3 Å². The van der Waals surface area contributed by atoms with Gasteiger partial charge in [-0.3, -0.25) is 0 Å². The predicted octanol–water partition coefficient (Wildman–Crippen LogP) is 3.44. The molecule has 2 aromatic rings. The van der Waals surface area contributed by atoms with Gasteiger partial charge in [0, 0.05) is 34.9 Å². The zero-order chi connectivity index (χ0) is 15.9. The Morgan fingerprint density at radius 1 is 1.18 bits per heavy atom. The molecule has 0 spiro atoms. The molecule has 0 aliphatic heterocycles. The number of aromatic amines is 1. The number of rotatable bonds is 9. The third-order valence-electron chi connectivity index (χ3n) is 3.70. The summed E-state index contributed by atoms with van der Waals surface area (Å²) < 4.78 is 0. The second kappa shape index (κ2) is 8.61. The van der Waals surface area contributed by atoms with E-state index in [-0.39, 0.29) is 12.6 Å². The average Bonchev–Trinajstić information content (AvgIpc) is 2.89. The molecule has 0 aliphatic carbocycles. The lowest BCUT2D eigenvalue weighted by atomic mass is 10.0. The highest BCUT2D eigenvalue weighted by molar-refractivity contribution is 7.99. The zero-order valence-corrected chi connectivity index (χ0v) is 14.6. The minimum Gasteiger partial charge on any atom is -0.395 e. The van der Waals surface area contributed by atoms with Crippen molar-refractivity contribution in [3.05, 3.63) is 36.0 Å². The topological polar surface area (TPSA) is 48.0 Å². The van der Waals surface area contributed by atoms with Gasteiger partial charge < -0.3 is 15.4 Å². The van der Waals surface area contributed by atoms with Gasteiger partial charge in [-0.1, -0.05) is 32.0 Å². The molecule has 2 atom stereocenters. The molecule has 2 rings (SSSR count). The van der Waals surface area contributed by atoms with Crippen molar-refractivity contribution < 1.29 is 5.11 Å². The van der Waals surface area contributed by atoms with E-state index in [9.17, 15) is 5.11 Å². The van der Waals surface area contributed by atoms with Gasteiger partial charge in [0.1, 0.15) is 0 Å². The van der Waals surface area contributed by atoms with Gasteiger partial charge in [0.2, 0.25) is 0 Å². The number of hydrogen-bond donors (Lipinski definition) is 3. The molecule has 0 radical (unpaired) electrons. The Balaban J connectivity index is 1.89. The smallest absolute Gasteiger partial charge is 0.0587 e. The number of benzene rings is 1. The largest absolute Gasteiger partial charge is 0.395 e. The van der Waals surface area contributed by atoms with Crippen LogP contribution in [0.25, 0.3) is 10.9 Å². The molecule has 0 bridgehead atoms. The van der Waals surface area contributed by atoms with Crippen molar-refractivity contribution in [3.8, 4) is 0 Å². The van der Waals surface area contributed by atoms with Gasteiger partial charge in [0.25, 0.3) is 0 Å². The summed E-state index contributed by atoms with van der Waals surface area (Å²) in [6.45, 7) is 6.86. The second-order valence-electron chi connectivity index (χ2n) is 6.44. The van der Waals surface area contributed by atoms with Gasteiger partial charge >= 0.3 is 0 Å². The predicted molar refractivity (Wildman–Crippen MR) is 97.6 cm³/mol. The highest BCUT2D eigenvalue weighted by Crippen LogP contribution is 2.19. The Morgan fingerprint density at radius 3 is 2.68 bits per heavy atom. The maximum Gasteiger partial charge on any atom is 0.0587 e. The van der Waals surface area contributed by atoms with E-state index >= 15 is 0 Å². The molecule has 4 heteroatoms. The number of nitrogens with one attached hydrogen (secondary N) is 2. The number of aromatic nitrogens is 1. The van der Waals surface area contributed by atoms with E-state index in [1.54, 1.807) is 0 Å². The summed E-state index contributed by atoms with van der Waals surface area (Å²) in [6, 6.07) is 8.84. The third-order valence-corrected chi connectivity index (χ3v) is 5.34. The molecule has 0 saturated heterocycles. The Labute approximate surface area is 137 Å². The van der Waals surface area contributed by atoms with Gasteiger partial charge in [-0.25, -0.2) is 0 Å². The second-order valence-corrected chi connectivity index (χ2v) is 7.52. The van der Waals surface area contributed by atoms with Crippen molar-refractivity contribution in [3.63, 3.8) is 0 Å². The Kier molecular flexibility index (Phi) is 6.80. The molecule has 3 N–H and O–H groups in total. The SMILES string of the molecule is CC(C)CSCC(C)NC(CO)Cc1c[nH]c2ccccc12. The number of aliphatic hydroxyl groups excluding tert-OH is 1. The van der Waals surface area contributed by atoms with E-state index < -0.39 is 0 Å². The molecule has 1 heterocycles. The number of H-pyrrole nitrogens is 1. The minimum absolute atomic E-state index is 0.105. The molecule has 22 heavy (non-hydrogen) atoms. The summed E-state index contributed by atoms with van der Waals surface area (Å²) in [5.41, 5.74) is 2.43. The Morgan fingerprint density at radius 2 is 1.95 bits per heavy atom. The van der Waals surface area contributed by atoms with Crippen LogP contribution in [0.5, 0.6) is 0 Å². The van der Waals surface area contributed by atoms with Crippen LogP contribution in [0.2, 0.25) is 0 Å². The van der Waals surface area contributed by atoms with Crippen LogP contribution in [0.4, 0.5) is 0 Å². The first-order valence-electron chi connectivity index (χ1n) is 8.09. The van der Waals surface area contributed by atoms with Crippen molar-refractivity contribution in [1.82, 2.24) is 10.3 Å². The molecule has 1 aromatic carbocycles. The summed E-state index contributed by atoms with van der Waals surface area (Å²) in [6.07, 6.45) is 2.91. The van der Waals surface area contributed by atoms with Gasteiger partial charge in [-0.15, -0.1) is 0 Å². The van der Waals surface area contributed by atoms with Crippen LogP contribution in [0.15, 0.2) is 30.5 Å². The molecular weight excluding hydrogens is 292 g/mol. The Bertz CT molecular complexity index is 567. The van der Waals surface area contributed by atoms with E-state index in [4.69, 9.17) is 0 Å². The molecular formula is C18H28N2OS. The van der Waals surface area contributed by atoms with Crippen LogP contribution in [0.3, 0.4) is 0 Å². The van der Waals surface area contributed by atoms with Crippen molar-refractivity contribution >= 4 is 22.7 Å². The summed E-state index contributed by atoms with van der Waals surface area (Å²) in [7, 11) is 0. The fourth-order valence-electron chi connectivity index (χ4n) is 2.67. The highest BCUT2D eigenvalue weighted by Gasteiger charge is 2.14. The summed E-state index contributed by atoms with van der Waals surface area (Å²) >= 11 is 1.98. The summed E-state index contributed by atoms with van der Waals surface area (Å²) in [5.74, 6) is 3.01. The molecule has 0 saturated carbocycles. The zero-order valence-electron chi connectivity index (χ0n) is 13.8. The highest BCUT2D eigenvalue weighted by atomic mass is 32.2. The van der Waals surface area contributed by atoms with Crippen molar-refractivity contribution in [2.24, 2.45) is 5.92 Å². The lowest BCUT2D eigenvalue weighted by Crippen LogP contribution is -2.41. The van der Waals surface area contributed by atoms with Gasteiger partial charge in [-0.05, 0) is 36.6 Å². The van der Waals surface area contributed by atoms with Crippen LogP contribution in [-0.4, -0.2) is 40.3 Å².